The van der Waals surface area contributed by atoms with Gasteiger partial charge in [0, 0.05) is 11.6 Å². The highest BCUT2D eigenvalue weighted by molar-refractivity contribution is 7.71. The summed E-state index contributed by atoms with van der Waals surface area (Å²) >= 11 is 5.24. The van der Waals surface area contributed by atoms with Gasteiger partial charge in [0.2, 0.25) is 0 Å². The molecule has 1 heterocycles. The van der Waals surface area contributed by atoms with Gasteiger partial charge in [0.05, 0.1) is 0 Å². The lowest BCUT2D eigenvalue weighted by atomic mass is 10.1. The molecule has 0 radical (unpaired) electrons. The molecule has 15 heavy (non-hydrogen) atoms. The Morgan fingerprint density at radius 2 is 1.87 bits per heavy atom. The summed E-state index contributed by atoms with van der Waals surface area (Å²) in [5.41, 5.74) is 1.33. The van der Waals surface area contributed by atoms with Crippen LogP contribution >= 0.6 is 12.2 Å². The van der Waals surface area contributed by atoms with Crippen LogP contribution in [-0.4, -0.2) is 9.97 Å². The summed E-state index contributed by atoms with van der Waals surface area (Å²) in [6.07, 6.45) is 7.90. The van der Waals surface area contributed by atoms with Gasteiger partial charge in [-0.1, -0.05) is 25.1 Å². The van der Waals surface area contributed by atoms with E-state index in [-0.39, 0.29) is 0 Å². The summed E-state index contributed by atoms with van der Waals surface area (Å²) < 4.78 is 0.776. The number of rotatable bonds is 2. The van der Waals surface area contributed by atoms with Crippen molar-refractivity contribution in [1.82, 2.24) is 9.97 Å². The maximum absolute atomic E-state index is 5.24. The van der Waals surface area contributed by atoms with Gasteiger partial charge in [0.15, 0.2) is 0 Å². The molecule has 0 bridgehead atoms. The molecule has 1 aromatic rings. The highest BCUT2D eigenvalue weighted by atomic mass is 32.1. The van der Waals surface area contributed by atoms with Gasteiger partial charge >= 0.3 is 0 Å². The van der Waals surface area contributed by atoms with E-state index in [9.17, 15) is 0 Å². The van der Waals surface area contributed by atoms with Gasteiger partial charge in [0.1, 0.15) is 10.5 Å². The average molecular weight is 220 g/mol. The van der Waals surface area contributed by atoms with Crippen LogP contribution in [0.15, 0.2) is 6.07 Å². The molecule has 2 aliphatic rings. The predicted molar refractivity (Wildman–Crippen MR) is 62.6 cm³/mol. The number of aromatic nitrogens is 2. The van der Waals surface area contributed by atoms with E-state index in [0.29, 0.717) is 5.92 Å². The summed E-state index contributed by atoms with van der Waals surface area (Å²) in [5.74, 6) is 2.54. The van der Waals surface area contributed by atoms with Crippen LogP contribution in [0.3, 0.4) is 0 Å². The van der Waals surface area contributed by atoms with Crippen molar-refractivity contribution in [3.8, 4) is 0 Å². The Morgan fingerprint density at radius 3 is 2.53 bits per heavy atom. The van der Waals surface area contributed by atoms with Crippen LogP contribution in [-0.2, 0) is 0 Å². The van der Waals surface area contributed by atoms with Crippen molar-refractivity contribution in [2.24, 2.45) is 0 Å². The first-order valence-electron chi connectivity index (χ1n) is 5.94. The third-order valence-electron chi connectivity index (χ3n) is 3.54. The summed E-state index contributed by atoms with van der Waals surface area (Å²) in [7, 11) is 0. The quantitative estimate of drug-likeness (QED) is 0.770. The van der Waals surface area contributed by atoms with Crippen LogP contribution in [0.4, 0.5) is 0 Å². The minimum atomic E-state index is 0.644. The maximum atomic E-state index is 5.24. The first-order chi connectivity index (χ1) is 7.33. The molecule has 80 valence electrons. The standard InChI is InChI=1S/C12H16N2S/c15-11-7-10(8-5-6-8)13-12(14-11)9-3-1-2-4-9/h7-9H,1-6H2,(H,13,14,15). The second kappa shape index (κ2) is 3.71. The summed E-state index contributed by atoms with van der Waals surface area (Å²) in [4.78, 5) is 8.00. The Balaban J connectivity index is 1.95. The molecule has 0 amide bonds. The lowest BCUT2D eigenvalue weighted by molar-refractivity contribution is 0.658. The number of nitrogens with zero attached hydrogens (tertiary/aromatic N) is 1. The predicted octanol–water partition coefficient (Wildman–Crippen LogP) is 3.67. The fourth-order valence-electron chi connectivity index (χ4n) is 2.50. The average Bonchev–Trinajstić information content (AvgIpc) is 2.93. The Hall–Kier alpha value is -0.700. The summed E-state index contributed by atoms with van der Waals surface area (Å²) in [6.45, 7) is 0. The van der Waals surface area contributed by atoms with Gasteiger partial charge < -0.3 is 4.98 Å². The number of aromatic amines is 1. The van der Waals surface area contributed by atoms with Crippen molar-refractivity contribution in [2.75, 3.05) is 0 Å². The third-order valence-corrected chi connectivity index (χ3v) is 3.75. The summed E-state index contributed by atoms with van der Waals surface area (Å²) in [5, 5.41) is 0. The molecule has 2 nitrogen and oxygen atoms in total. The highest BCUT2D eigenvalue weighted by Gasteiger charge is 2.26. The van der Waals surface area contributed by atoms with Crippen LogP contribution < -0.4 is 0 Å². The smallest absolute Gasteiger partial charge is 0.130 e. The molecule has 3 rings (SSSR count). The monoisotopic (exact) mass is 220 g/mol. The minimum Gasteiger partial charge on any atom is -0.347 e. The normalized spacial score (nSPS) is 22.1. The zero-order chi connectivity index (χ0) is 10.3. The fraction of sp³-hybridized carbons (Fsp3) is 0.667. The number of nitrogens with one attached hydrogen (secondary N) is 1. The molecule has 2 aliphatic carbocycles. The molecule has 0 spiro atoms. The van der Waals surface area contributed by atoms with Crippen molar-refractivity contribution in [3.63, 3.8) is 0 Å². The van der Waals surface area contributed by atoms with Crippen molar-refractivity contribution in [3.05, 3.63) is 22.2 Å². The van der Waals surface area contributed by atoms with Crippen LogP contribution in [0.2, 0.25) is 0 Å². The molecular formula is C12H16N2S. The minimum absolute atomic E-state index is 0.644. The van der Waals surface area contributed by atoms with Gasteiger partial charge in [-0.05, 0) is 37.7 Å². The Kier molecular flexibility index (Phi) is 2.35. The van der Waals surface area contributed by atoms with Gasteiger partial charge in [0.25, 0.3) is 0 Å². The lowest BCUT2D eigenvalue weighted by Crippen LogP contribution is -2.03. The van der Waals surface area contributed by atoms with E-state index >= 15 is 0 Å². The van der Waals surface area contributed by atoms with Crippen molar-refractivity contribution in [2.45, 2.75) is 50.4 Å². The van der Waals surface area contributed by atoms with Crippen molar-refractivity contribution < 1.29 is 0 Å². The second-order valence-corrected chi connectivity index (χ2v) is 5.23. The molecule has 2 fully saturated rings. The molecule has 1 N–H and O–H groups in total. The lowest BCUT2D eigenvalue weighted by Gasteiger charge is -2.10. The molecular weight excluding hydrogens is 204 g/mol. The number of hydrogen-bond donors (Lipinski definition) is 1. The summed E-state index contributed by atoms with van der Waals surface area (Å²) in [6, 6.07) is 2.05. The highest BCUT2D eigenvalue weighted by Crippen LogP contribution is 2.40. The van der Waals surface area contributed by atoms with E-state index in [2.05, 4.69) is 9.97 Å². The Bertz CT molecular complexity index is 414. The van der Waals surface area contributed by atoms with E-state index in [0.717, 1.165) is 16.4 Å². The largest absolute Gasteiger partial charge is 0.347 e. The van der Waals surface area contributed by atoms with Crippen molar-refractivity contribution in [1.29, 1.82) is 0 Å². The molecule has 0 atom stereocenters. The Labute approximate surface area is 95.1 Å². The van der Waals surface area contributed by atoms with E-state index in [1.165, 1.54) is 44.2 Å². The molecule has 0 aliphatic heterocycles. The van der Waals surface area contributed by atoms with E-state index in [1.54, 1.807) is 0 Å². The van der Waals surface area contributed by atoms with Gasteiger partial charge in [-0.3, -0.25) is 0 Å². The van der Waals surface area contributed by atoms with E-state index in [1.807, 2.05) is 6.07 Å². The first kappa shape index (κ1) is 9.52. The van der Waals surface area contributed by atoms with E-state index in [4.69, 9.17) is 12.2 Å². The molecule has 2 saturated carbocycles. The second-order valence-electron chi connectivity index (χ2n) is 4.82. The molecule has 0 saturated heterocycles. The van der Waals surface area contributed by atoms with Gasteiger partial charge in [-0.25, -0.2) is 4.98 Å². The van der Waals surface area contributed by atoms with Crippen molar-refractivity contribution >= 4 is 12.2 Å². The SMILES string of the molecule is S=c1cc(C2CC2)[nH]c(C2CCCC2)n1. The maximum Gasteiger partial charge on any atom is 0.130 e. The third kappa shape index (κ3) is 1.98. The topological polar surface area (TPSA) is 28.7 Å². The Morgan fingerprint density at radius 1 is 1.13 bits per heavy atom. The van der Waals surface area contributed by atoms with Crippen LogP contribution in [0.1, 0.15) is 61.9 Å². The molecule has 0 aromatic carbocycles. The van der Waals surface area contributed by atoms with Crippen LogP contribution in [0.25, 0.3) is 0 Å². The van der Waals surface area contributed by atoms with Crippen LogP contribution in [0, 0.1) is 4.64 Å². The zero-order valence-electron chi connectivity index (χ0n) is 8.83. The fourth-order valence-corrected chi connectivity index (χ4v) is 2.73. The van der Waals surface area contributed by atoms with Gasteiger partial charge in [-0.2, -0.15) is 0 Å². The van der Waals surface area contributed by atoms with E-state index < -0.39 is 0 Å². The molecule has 1 aromatic heterocycles. The van der Waals surface area contributed by atoms with Crippen LogP contribution in [0.5, 0.6) is 0 Å². The van der Waals surface area contributed by atoms with Gasteiger partial charge in [-0.15, -0.1) is 0 Å². The molecule has 0 unspecified atom stereocenters. The number of hydrogen-bond acceptors (Lipinski definition) is 2. The zero-order valence-corrected chi connectivity index (χ0v) is 9.65. The first-order valence-corrected chi connectivity index (χ1v) is 6.35. The number of H-pyrrole nitrogens is 1. The molecule has 3 heteroatoms.